The van der Waals surface area contributed by atoms with E-state index in [1.165, 1.54) is 7.11 Å². The highest BCUT2D eigenvalue weighted by Crippen LogP contribution is 1.93. The molecule has 1 N–H and O–H groups in total. The van der Waals surface area contributed by atoms with Crippen LogP contribution in [0.15, 0.2) is 0 Å². The predicted octanol–water partition coefficient (Wildman–Crippen LogP) is 0.767. The molecule has 0 fully saturated rings. The zero-order valence-corrected chi connectivity index (χ0v) is 10.7. The van der Waals surface area contributed by atoms with Crippen LogP contribution in [0, 0.1) is 0 Å². The van der Waals surface area contributed by atoms with Crippen LogP contribution in [-0.2, 0) is 14.8 Å². The average molecular weight is 321 g/mol. The largest absolute Gasteiger partial charge is 0.384 e. The van der Waals surface area contributed by atoms with E-state index in [0.29, 0.717) is 6.54 Å². The monoisotopic (exact) mass is 321 g/mol. The molecule has 0 amide bonds. The van der Waals surface area contributed by atoms with E-state index in [4.69, 9.17) is 0 Å². The first kappa shape index (κ1) is 13.6. The highest BCUT2D eigenvalue weighted by atomic mass is 127. The van der Waals surface area contributed by atoms with Crippen molar-refractivity contribution in [3.8, 4) is 0 Å². The van der Waals surface area contributed by atoms with Gasteiger partial charge in [0.05, 0.1) is 12.4 Å². The van der Waals surface area contributed by atoms with Crippen LogP contribution < -0.4 is 4.72 Å². The molecule has 0 aliphatic heterocycles. The Morgan fingerprint density at radius 3 is 2.62 bits per heavy atom. The topological polar surface area (TPSA) is 55.4 Å². The minimum absolute atomic E-state index is 0.0493. The summed E-state index contributed by atoms with van der Waals surface area (Å²) in [5, 5.41) is 0. The molecule has 0 bridgehead atoms. The first-order valence-corrected chi connectivity index (χ1v) is 7.32. The van der Waals surface area contributed by atoms with Gasteiger partial charge < -0.3 is 4.74 Å². The van der Waals surface area contributed by atoms with Gasteiger partial charge in [-0.25, -0.2) is 13.1 Å². The molecule has 0 atom stereocenters. The lowest BCUT2D eigenvalue weighted by Gasteiger charge is -2.04. The second-order valence-corrected chi connectivity index (χ2v) is 5.61. The van der Waals surface area contributed by atoms with Gasteiger partial charge in [-0.1, -0.05) is 22.6 Å². The molecule has 0 aliphatic rings. The normalized spacial score (nSPS) is 11.8. The number of halogens is 1. The molecule has 0 saturated heterocycles. The van der Waals surface area contributed by atoms with Crippen molar-refractivity contribution in [1.29, 1.82) is 0 Å². The Kier molecular flexibility index (Phi) is 8.32. The summed E-state index contributed by atoms with van der Waals surface area (Å²) < 4.78 is 30.6. The fourth-order valence-electron chi connectivity index (χ4n) is 0.712. The van der Waals surface area contributed by atoms with Crippen LogP contribution >= 0.6 is 22.6 Å². The van der Waals surface area contributed by atoms with E-state index in [1.54, 1.807) is 0 Å². The fraction of sp³-hybridized carbons (Fsp3) is 1.00. The van der Waals surface area contributed by atoms with Gasteiger partial charge >= 0.3 is 0 Å². The Labute approximate surface area is 93.6 Å². The minimum Gasteiger partial charge on any atom is -0.384 e. The molecule has 0 aromatic heterocycles. The molecule has 0 saturated carbocycles. The smallest absolute Gasteiger partial charge is 0.213 e. The summed E-state index contributed by atoms with van der Waals surface area (Å²) in [5.74, 6) is 0.0493. The molecule has 0 radical (unpaired) electrons. The van der Waals surface area contributed by atoms with Crippen molar-refractivity contribution >= 4 is 32.6 Å². The lowest BCUT2D eigenvalue weighted by molar-refractivity contribution is 0.217. The highest BCUT2D eigenvalue weighted by Gasteiger charge is 2.07. The van der Waals surface area contributed by atoms with Gasteiger partial charge in [0, 0.05) is 13.7 Å². The summed E-state index contributed by atoms with van der Waals surface area (Å²) in [4.78, 5) is 0. The summed E-state index contributed by atoms with van der Waals surface area (Å²) in [6, 6.07) is 0. The average Bonchev–Trinajstić information content (AvgIpc) is 2.09. The lowest BCUT2D eigenvalue weighted by atomic mass is 10.3. The highest BCUT2D eigenvalue weighted by molar-refractivity contribution is 14.1. The van der Waals surface area contributed by atoms with Crippen molar-refractivity contribution in [3.63, 3.8) is 0 Å². The number of ether oxygens (including phenoxy) is 1. The van der Waals surface area contributed by atoms with Gasteiger partial charge in [-0.2, -0.15) is 0 Å². The summed E-state index contributed by atoms with van der Waals surface area (Å²) in [5.41, 5.74) is 0. The summed E-state index contributed by atoms with van der Waals surface area (Å²) in [6.07, 6.45) is 1.95. The van der Waals surface area contributed by atoms with Crippen molar-refractivity contribution in [1.82, 2.24) is 4.72 Å². The fourth-order valence-corrected chi connectivity index (χ4v) is 2.24. The van der Waals surface area contributed by atoms with Gasteiger partial charge in [0.25, 0.3) is 0 Å². The van der Waals surface area contributed by atoms with E-state index in [9.17, 15) is 8.42 Å². The third kappa shape index (κ3) is 8.92. The molecule has 6 heteroatoms. The molecule has 4 nitrogen and oxygen atoms in total. The Bertz CT molecular complexity index is 206. The third-order valence-corrected chi connectivity index (χ3v) is 3.55. The van der Waals surface area contributed by atoms with E-state index in [2.05, 4.69) is 32.0 Å². The Morgan fingerprint density at radius 2 is 2.08 bits per heavy atom. The second kappa shape index (κ2) is 7.95. The molecule has 0 aromatic carbocycles. The van der Waals surface area contributed by atoms with E-state index < -0.39 is 10.0 Å². The summed E-state index contributed by atoms with van der Waals surface area (Å²) in [7, 11) is -1.61. The number of hydrogen-bond donors (Lipinski definition) is 1. The van der Waals surface area contributed by atoms with Gasteiger partial charge in [0.2, 0.25) is 10.0 Å². The van der Waals surface area contributed by atoms with E-state index in [1.807, 2.05) is 0 Å². The van der Waals surface area contributed by atoms with Crippen LogP contribution in [0.2, 0.25) is 0 Å². The number of alkyl halides is 1. The molecule has 0 unspecified atom stereocenters. The minimum atomic E-state index is -3.10. The SMILES string of the molecule is COCCS(=O)(=O)NCCCCI. The van der Waals surface area contributed by atoms with Gasteiger partial charge in [-0.3, -0.25) is 0 Å². The van der Waals surface area contributed by atoms with Crippen molar-refractivity contribution in [3.05, 3.63) is 0 Å². The zero-order valence-electron chi connectivity index (χ0n) is 7.75. The number of unbranched alkanes of at least 4 members (excludes halogenated alkanes) is 1. The van der Waals surface area contributed by atoms with Crippen molar-refractivity contribution in [2.45, 2.75) is 12.8 Å². The molecular weight excluding hydrogens is 305 g/mol. The first-order valence-electron chi connectivity index (χ1n) is 4.14. The van der Waals surface area contributed by atoms with Crippen molar-refractivity contribution < 1.29 is 13.2 Å². The molecular formula is C7H16INO3S. The molecule has 13 heavy (non-hydrogen) atoms. The quantitative estimate of drug-likeness (QED) is 0.408. The number of methoxy groups -OCH3 is 1. The van der Waals surface area contributed by atoms with E-state index >= 15 is 0 Å². The molecule has 0 heterocycles. The Balaban J connectivity index is 3.52. The maximum atomic E-state index is 11.2. The predicted molar refractivity (Wildman–Crippen MR) is 61.8 cm³/mol. The number of rotatable bonds is 8. The van der Waals surface area contributed by atoms with Crippen molar-refractivity contribution in [2.75, 3.05) is 30.4 Å². The summed E-state index contributed by atoms with van der Waals surface area (Å²) >= 11 is 2.27. The van der Waals surface area contributed by atoms with Crippen LogP contribution in [0.25, 0.3) is 0 Å². The van der Waals surface area contributed by atoms with E-state index in [-0.39, 0.29) is 12.4 Å². The molecule has 0 rings (SSSR count). The molecule has 0 spiro atoms. The van der Waals surface area contributed by atoms with Crippen LogP contribution in [0.1, 0.15) is 12.8 Å². The van der Waals surface area contributed by atoms with Gasteiger partial charge in [-0.15, -0.1) is 0 Å². The standard InChI is InChI=1S/C7H16INO3S/c1-12-6-7-13(10,11)9-5-3-2-4-8/h9H,2-7H2,1H3. The second-order valence-electron chi connectivity index (χ2n) is 2.60. The number of nitrogens with one attached hydrogen (secondary N) is 1. The Morgan fingerprint density at radius 1 is 1.38 bits per heavy atom. The number of sulfonamides is 1. The van der Waals surface area contributed by atoms with E-state index in [0.717, 1.165) is 17.3 Å². The van der Waals surface area contributed by atoms with Crippen LogP contribution in [0.4, 0.5) is 0 Å². The summed E-state index contributed by atoms with van der Waals surface area (Å²) in [6.45, 7) is 0.788. The zero-order chi connectivity index (χ0) is 10.2. The maximum absolute atomic E-state index is 11.2. The van der Waals surface area contributed by atoms with Gasteiger partial charge in [-0.05, 0) is 17.3 Å². The van der Waals surface area contributed by atoms with Crippen LogP contribution in [-0.4, -0.2) is 38.9 Å². The van der Waals surface area contributed by atoms with Crippen LogP contribution in [0.3, 0.4) is 0 Å². The molecule has 0 aromatic rings. The van der Waals surface area contributed by atoms with Crippen molar-refractivity contribution in [2.24, 2.45) is 0 Å². The molecule has 80 valence electrons. The number of hydrogen-bond acceptors (Lipinski definition) is 3. The van der Waals surface area contributed by atoms with Gasteiger partial charge in [0.1, 0.15) is 0 Å². The third-order valence-electron chi connectivity index (χ3n) is 1.44. The lowest BCUT2D eigenvalue weighted by Crippen LogP contribution is -2.29. The van der Waals surface area contributed by atoms with Gasteiger partial charge in [0.15, 0.2) is 0 Å². The van der Waals surface area contributed by atoms with Crippen LogP contribution in [0.5, 0.6) is 0 Å². The Hall–Kier alpha value is 0.600. The first-order chi connectivity index (χ1) is 6.12. The molecule has 0 aliphatic carbocycles. The maximum Gasteiger partial charge on any atom is 0.213 e.